The van der Waals surface area contributed by atoms with Crippen LogP contribution < -0.4 is 5.43 Å². The summed E-state index contributed by atoms with van der Waals surface area (Å²) < 4.78 is 5.78. The van der Waals surface area contributed by atoms with Gasteiger partial charge in [0.15, 0.2) is 0 Å². The van der Waals surface area contributed by atoms with Crippen LogP contribution in [0.5, 0.6) is 0 Å². The van der Waals surface area contributed by atoms with E-state index in [0.29, 0.717) is 10.6 Å². The number of nitrogens with one attached hydrogen (secondary N) is 1. The molecule has 1 amide bonds. The summed E-state index contributed by atoms with van der Waals surface area (Å²) in [5, 5.41) is 5.54. The second-order valence-electron chi connectivity index (χ2n) is 5.00. The van der Waals surface area contributed by atoms with Gasteiger partial charge in [0.25, 0.3) is 5.91 Å². The number of aryl methyl sites for hydroxylation is 1. The van der Waals surface area contributed by atoms with Crippen molar-refractivity contribution in [2.24, 2.45) is 5.10 Å². The van der Waals surface area contributed by atoms with Gasteiger partial charge in [-0.15, -0.1) is 0 Å². The van der Waals surface area contributed by atoms with Crippen LogP contribution in [0.15, 0.2) is 58.0 Å². The van der Waals surface area contributed by atoms with E-state index >= 15 is 0 Å². The molecule has 1 aromatic heterocycles. The number of para-hydroxylation sites is 1. The van der Waals surface area contributed by atoms with E-state index in [1.54, 1.807) is 30.5 Å². The molecule has 1 N–H and O–H groups in total. The Morgan fingerprint density at radius 2 is 2.09 bits per heavy atom. The molecular weight excluding hydrogens is 312 g/mol. The summed E-state index contributed by atoms with van der Waals surface area (Å²) in [4.78, 5) is 12.0. The van der Waals surface area contributed by atoms with Crippen LogP contribution in [0.25, 0.3) is 11.0 Å². The van der Waals surface area contributed by atoms with Crippen LogP contribution in [0.2, 0.25) is 5.02 Å². The maximum Gasteiger partial charge on any atom is 0.271 e. The van der Waals surface area contributed by atoms with Crippen LogP contribution in [0.1, 0.15) is 28.6 Å². The second kappa shape index (κ2) is 6.67. The summed E-state index contributed by atoms with van der Waals surface area (Å²) in [6.45, 7) is 2.01. The number of nitrogens with zero attached hydrogens (tertiary/aromatic N) is 1. The highest BCUT2D eigenvalue weighted by atomic mass is 35.5. The second-order valence-corrected chi connectivity index (χ2v) is 5.43. The van der Waals surface area contributed by atoms with Gasteiger partial charge >= 0.3 is 0 Å². The monoisotopic (exact) mass is 326 g/mol. The van der Waals surface area contributed by atoms with E-state index in [1.165, 1.54) is 0 Å². The minimum absolute atomic E-state index is 0.311. The van der Waals surface area contributed by atoms with Crippen LogP contribution in [-0.4, -0.2) is 12.1 Å². The average Bonchev–Trinajstić information content (AvgIpc) is 2.93. The zero-order valence-electron chi connectivity index (χ0n) is 12.5. The van der Waals surface area contributed by atoms with Crippen LogP contribution in [0.3, 0.4) is 0 Å². The normalized spacial score (nSPS) is 11.2. The Labute approximate surface area is 138 Å². The summed E-state index contributed by atoms with van der Waals surface area (Å²) in [6.07, 6.45) is 2.37. The third kappa shape index (κ3) is 3.27. The van der Waals surface area contributed by atoms with Gasteiger partial charge in [0.1, 0.15) is 11.3 Å². The van der Waals surface area contributed by atoms with Crippen molar-refractivity contribution in [1.82, 2.24) is 5.43 Å². The molecule has 3 aromatic rings. The first-order valence-electron chi connectivity index (χ1n) is 7.28. The minimum Gasteiger partial charge on any atom is -0.460 e. The van der Waals surface area contributed by atoms with Crippen molar-refractivity contribution in [1.29, 1.82) is 0 Å². The number of carbonyl (C=O) groups is 1. The Balaban J connectivity index is 1.82. The van der Waals surface area contributed by atoms with Crippen LogP contribution >= 0.6 is 11.6 Å². The van der Waals surface area contributed by atoms with Crippen LogP contribution in [0.4, 0.5) is 0 Å². The Morgan fingerprint density at radius 3 is 2.87 bits per heavy atom. The van der Waals surface area contributed by atoms with E-state index in [-0.39, 0.29) is 5.91 Å². The van der Waals surface area contributed by atoms with Gasteiger partial charge in [-0.2, -0.15) is 5.10 Å². The fourth-order valence-electron chi connectivity index (χ4n) is 2.37. The lowest BCUT2D eigenvalue weighted by Crippen LogP contribution is -2.17. The molecule has 0 radical (unpaired) electrons. The highest BCUT2D eigenvalue weighted by Gasteiger charge is 2.10. The number of furan rings is 1. The predicted octanol–water partition coefficient (Wildman–Crippen LogP) is 4.41. The summed E-state index contributed by atoms with van der Waals surface area (Å²) in [6, 6.07) is 14.5. The molecule has 0 spiro atoms. The van der Waals surface area contributed by atoms with Gasteiger partial charge in [0.2, 0.25) is 0 Å². The van der Waals surface area contributed by atoms with E-state index in [2.05, 4.69) is 10.5 Å². The van der Waals surface area contributed by atoms with Crippen molar-refractivity contribution in [2.75, 3.05) is 0 Å². The number of hydrogen-bond acceptors (Lipinski definition) is 3. The first-order chi connectivity index (χ1) is 11.2. The number of benzene rings is 2. The fraction of sp³-hybridized carbons (Fsp3) is 0.111. The van der Waals surface area contributed by atoms with Crippen molar-refractivity contribution < 1.29 is 9.21 Å². The molecule has 5 heteroatoms. The van der Waals surface area contributed by atoms with E-state index in [9.17, 15) is 4.79 Å². The van der Waals surface area contributed by atoms with Crippen molar-refractivity contribution in [3.63, 3.8) is 0 Å². The quantitative estimate of drug-likeness (QED) is 0.570. The zero-order chi connectivity index (χ0) is 16.2. The summed E-state index contributed by atoms with van der Waals surface area (Å²) in [7, 11) is 0. The lowest BCUT2D eigenvalue weighted by Gasteiger charge is -2.00. The lowest BCUT2D eigenvalue weighted by atomic mass is 10.1. The fourth-order valence-corrected chi connectivity index (χ4v) is 2.56. The number of hydrogen-bond donors (Lipinski definition) is 1. The van der Waals surface area contributed by atoms with Gasteiger partial charge in [-0.1, -0.05) is 42.8 Å². The topological polar surface area (TPSA) is 54.6 Å². The van der Waals surface area contributed by atoms with Crippen LogP contribution in [-0.2, 0) is 6.42 Å². The van der Waals surface area contributed by atoms with Gasteiger partial charge in [0, 0.05) is 28.0 Å². The number of carbonyl (C=O) groups excluding carboxylic acids is 1. The highest BCUT2D eigenvalue weighted by Crippen LogP contribution is 2.24. The third-order valence-corrected chi connectivity index (χ3v) is 3.71. The lowest BCUT2D eigenvalue weighted by molar-refractivity contribution is 0.0955. The predicted molar refractivity (Wildman–Crippen MR) is 92.1 cm³/mol. The highest BCUT2D eigenvalue weighted by molar-refractivity contribution is 6.30. The van der Waals surface area contributed by atoms with Crippen molar-refractivity contribution in [2.45, 2.75) is 13.3 Å². The third-order valence-electron chi connectivity index (χ3n) is 3.48. The number of amides is 1. The first-order valence-corrected chi connectivity index (χ1v) is 7.66. The van der Waals surface area contributed by atoms with Crippen molar-refractivity contribution in [3.8, 4) is 0 Å². The summed E-state index contributed by atoms with van der Waals surface area (Å²) in [5.41, 5.74) is 4.67. The molecule has 116 valence electrons. The molecule has 0 unspecified atom stereocenters. The first kappa shape index (κ1) is 15.3. The zero-order valence-corrected chi connectivity index (χ0v) is 13.3. The number of rotatable bonds is 4. The molecule has 0 fully saturated rings. The minimum atomic E-state index is -0.311. The number of halogens is 1. The Morgan fingerprint density at radius 1 is 1.26 bits per heavy atom. The molecule has 0 aliphatic rings. The van der Waals surface area contributed by atoms with Crippen LogP contribution in [0, 0.1) is 0 Å². The van der Waals surface area contributed by atoms with E-state index in [4.69, 9.17) is 16.0 Å². The SMILES string of the molecule is CCc1oc2ccccc2c1/C=N\NC(=O)c1cccc(Cl)c1. The molecular formula is C18H15ClN2O2. The molecule has 0 aliphatic carbocycles. The molecule has 3 rings (SSSR count). The number of hydrazone groups is 1. The number of fused-ring (bicyclic) bond motifs is 1. The largest absolute Gasteiger partial charge is 0.460 e. The Hall–Kier alpha value is -2.59. The Kier molecular flexibility index (Phi) is 4.44. The van der Waals surface area contributed by atoms with Gasteiger partial charge in [0.05, 0.1) is 6.21 Å². The smallest absolute Gasteiger partial charge is 0.271 e. The van der Waals surface area contributed by atoms with Crippen molar-refractivity contribution >= 4 is 34.7 Å². The van der Waals surface area contributed by atoms with Crippen molar-refractivity contribution in [3.05, 3.63) is 70.4 Å². The van der Waals surface area contributed by atoms with E-state index < -0.39 is 0 Å². The average molecular weight is 327 g/mol. The molecule has 0 saturated carbocycles. The van der Waals surface area contributed by atoms with Gasteiger partial charge in [-0.3, -0.25) is 4.79 Å². The molecule has 0 aliphatic heterocycles. The van der Waals surface area contributed by atoms with Gasteiger partial charge < -0.3 is 4.42 Å². The molecule has 0 bridgehead atoms. The maximum atomic E-state index is 12.0. The summed E-state index contributed by atoms with van der Waals surface area (Å²) >= 11 is 5.88. The molecule has 0 saturated heterocycles. The molecule has 2 aromatic carbocycles. The maximum absolute atomic E-state index is 12.0. The molecule has 0 atom stereocenters. The van der Waals surface area contributed by atoms with Gasteiger partial charge in [-0.05, 0) is 24.3 Å². The standard InChI is InChI=1S/C18H15ClN2O2/c1-2-16-15(14-8-3-4-9-17(14)23-16)11-20-21-18(22)12-6-5-7-13(19)10-12/h3-11H,2H2,1H3,(H,21,22)/b20-11-. The van der Waals surface area contributed by atoms with Gasteiger partial charge in [-0.25, -0.2) is 5.43 Å². The molecule has 23 heavy (non-hydrogen) atoms. The Bertz CT molecular complexity index is 884. The van der Waals surface area contributed by atoms with E-state index in [1.807, 2.05) is 31.2 Å². The van der Waals surface area contributed by atoms with E-state index in [0.717, 1.165) is 28.7 Å². The molecule has 4 nitrogen and oxygen atoms in total. The molecule has 1 heterocycles. The summed E-state index contributed by atoms with van der Waals surface area (Å²) in [5.74, 6) is 0.529.